The molecule has 15 heavy (non-hydrogen) atoms. The normalized spacial score (nSPS) is 13.7. The average molecular weight is 215 g/mol. The molecular weight excluding hydrogens is 190 g/mol. The predicted octanol–water partition coefficient (Wildman–Crippen LogP) is 2.50. The van der Waals surface area contributed by atoms with Gasteiger partial charge in [-0.3, -0.25) is 10.1 Å². The van der Waals surface area contributed by atoms with Gasteiger partial charge >= 0.3 is 5.97 Å². The summed E-state index contributed by atoms with van der Waals surface area (Å²) in [5.74, 6) is -0.135. The summed E-state index contributed by atoms with van der Waals surface area (Å²) in [5, 5.41) is 3.35. The Morgan fingerprint density at radius 3 is 2.33 bits per heavy atom. The molecule has 0 amide bonds. The maximum atomic E-state index is 11.6. The summed E-state index contributed by atoms with van der Waals surface area (Å²) in [6.07, 6.45) is 2.94. The summed E-state index contributed by atoms with van der Waals surface area (Å²) in [6.45, 7) is 10.7. The van der Waals surface area contributed by atoms with Crippen molar-refractivity contribution in [3.63, 3.8) is 0 Å². The van der Waals surface area contributed by atoms with E-state index >= 15 is 0 Å². The maximum absolute atomic E-state index is 11.6. The van der Waals surface area contributed by atoms with Gasteiger partial charge in [0.25, 0.3) is 0 Å². The van der Waals surface area contributed by atoms with Gasteiger partial charge in [0.1, 0.15) is 6.04 Å². The van der Waals surface area contributed by atoms with Crippen molar-refractivity contribution in [1.29, 1.82) is 0 Å². The Labute approximate surface area is 93.6 Å². The van der Waals surface area contributed by atoms with Crippen LogP contribution in [0.2, 0.25) is 0 Å². The number of hydrogen-bond donors (Lipinski definition) is 1. The number of carbonyl (C=O) groups is 1. The van der Waals surface area contributed by atoms with Crippen LogP contribution in [0.3, 0.4) is 0 Å². The second-order valence-corrected chi connectivity index (χ2v) is 4.49. The van der Waals surface area contributed by atoms with Gasteiger partial charge in [-0.25, -0.2) is 0 Å². The van der Waals surface area contributed by atoms with E-state index < -0.39 is 0 Å². The third kappa shape index (κ3) is 5.78. The second kappa shape index (κ2) is 6.83. The number of rotatable bonds is 7. The van der Waals surface area contributed by atoms with E-state index in [9.17, 15) is 4.79 Å². The molecule has 1 unspecified atom stereocenters. The summed E-state index contributed by atoms with van der Waals surface area (Å²) in [5.41, 5.74) is 0.00217. The van der Waals surface area contributed by atoms with Crippen molar-refractivity contribution < 1.29 is 9.53 Å². The lowest BCUT2D eigenvalue weighted by atomic mass is 9.97. The van der Waals surface area contributed by atoms with E-state index in [0.29, 0.717) is 6.61 Å². The van der Waals surface area contributed by atoms with Gasteiger partial charge in [-0.1, -0.05) is 20.3 Å². The largest absolute Gasteiger partial charge is 0.465 e. The molecule has 0 radical (unpaired) electrons. The van der Waals surface area contributed by atoms with Crippen LogP contribution in [-0.2, 0) is 9.53 Å². The van der Waals surface area contributed by atoms with Crippen LogP contribution in [0.25, 0.3) is 0 Å². The molecule has 0 heterocycles. The first-order valence-corrected chi connectivity index (χ1v) is 5.91. The van der Waals surface area contributed by atoms with Crippen molar-refractivity contribution in [1.82, 2.24) is 5.32 Å². The molecule has 0 fully saturated rings. The van der Waals surface area contributed by atoms with E-state index in [4.69, 9.17) is 4.74 Å². The highest BCUT2D eigenvalue weighted by atomic mass is 16.5. The van der Waals surface area contributed by atoms with Crippen LogP contribution < -0.4 is 5.32 Å². The minimum absolute atomic E-state index is 0.00217. The molecular formula is C12H25NO2. The van der Waals surface area contributed by atoms with Crippen molar-refractivity contribution >= 4 is 5.97 Å². The van der Waals surface area contributed by atoms with Gasteiger partial charge in [0.2, 0.25) is 0 Å². The highest BCUT2D eigenvalue weighted by molar-refractivity contribution is 5.75. The molecule has 0 spiro atoms. The molecule has 0 saturated heterocycles. The lowest BCUT2D eigenvalue weighted by Gasteiger charge is -2.30. The molecule has 1 N–H and O–H groups in total. The van der Waals surface area contributed by atoms with Crippen LogP contribution in [0.4, 0.5) is 0 Å². The Hall–Kier alpha value is -0.570. The minimum Gasteiger partial charge on any atom is -0.465 e. The quantitative estimate of drug-likeness (QED) is 0.663. The second-order valence-electron chi connectivity index (χ2n) is 4.49. The number of ether oxygens (including phenoxy) is 1. The van der Waals surface area contributed by atoms with E-state index in [0.717, 1.165) is 19.3 Å². The van der Waals surface area contributed by atoms with Crippen molar-refractivity contribution in [2.75, 3.05) is 6.61 Å². The molecule has 0 aromatic heterocycles. The van der Waals surface area contributed by atoms with E-state index in [1.165, 1.54) is 0 Å². The first kappa shape index (κ1) is 14.4. The van der Waals surface area contributed by atoms with Gasteiger partial charge in [0.15, 0.2) is 0 Å². The predicted molar refractivity (Wildman–Crippen MR) is 62.8 cm³/mol. The molecule has 0 rings (SSSR count). The highest BCUT2D eigenvalue weighted by Gasteiger charge is 2.25. The minimum atomic E-state index is -0.175. The molecule has 0 aliphatic carbocycles. The summed E-state index contributed by atoms with van der Waals surface area (Å²) >= 11 is 0. The van der Waals surface area contributed by atoms with E-state index in [-0.39, 0.29) is 17.6 Å². The molecule has 0 aromatic carbocycles. The number of nitrogens with one attached hydrogen (secondary N) is 1. The third-order valence-corrected chi connectivity index (χ3v) is 2.42. The summed E-state index contributed by atoms with van der Waals surface area (Å²) in [7, 11) is 0. The van der Waals surface area contributed by atoms with Gasteiger partial charge in [-0.2, -0.15) is 0 Å². The summed E-state index contributed by atoms with van der Waals surface area (Å²) < 4.78 is 5.02. The molecule has 3 nitrogen and oxygen atoms in total. The first-order valence-electron chi connectivity index (χ1n) is 5.91. The molecule has 0 bridgehead atoms. The lowest BCUT2D eigenvalue weighted by molar-refractivity contribution is -0.146. The van der Waals surface area contributed by atoms with Gasteiger partial charge in [-0.15, -0.1) is 0 Å². The Morgan fingerprint density at radius 1 is 1.33 bits per heavy atom. The number of esters is 1. The van der Waals surface area contributed by atoms with Gasteiger partial charge in [-0.05, 0) is 33.6 Å². The summed E-state index contributed by atoms with van der Waals surface area (Å²) in [6, 6.07) is -0.175. The van der Waals surface area contributed by atoms with Crippen molar-refractivity contribution in [3.8, 4) is 0 Å². The monoisotopic (exact) mass is 215 g/mol. The van der Waals surface area contributed by atoms with Gasteiger partial charge < -0.3 is 4.74 Å². The van der Waals surface area contributed by atoms with Crippen LogP contribution in [0, 0.1) is 0 Å². The molecule has 0 aliphatic rings. The Morgan fingerprint density at radius 2 is 1.93 bits per heavy atom. The SMILES string of the molecule is CCCC(C)(C)NC(CC)C(=O)OCC. The molecule has 3 heteroatoms. The molecule has 0 aliphatic heterocycles. The van der Waals surface area contributed by atoms with Crippen molar-refractivity contribution in [2.45, 2.75) is 65.5 Å². The molecule has 0 saturated carbocycles. The van der Waals surface area contributed by atoms with Gasteiger partial charge in [0.05, 0.1) is 6.61 Å². The first-order chi connectivity index (χ1) is 6.96. The molecule has 90 valence electrons. The fourth-order valence-electron chi connectivity index (χ4n) is 1.74. The van der Waals surface area contributed by atoms with E-state index in [2.05, 4.69) is 26.1 Å². The smallest absolute Gasteiger partial charge is 0.323 e. The fraction of sp³-hybridized carbons (Fsp3) is 0.917. The van der Waals surface area contributed by atoms with Gasteiger partial charge in [0, 0.05) is 5.54 Å². The number of hydrogen-bond acceptors (Lipinski definition) is 3. The van der Waals surface area contributed by atoms with Crippen LogP contribution in [-0.4, -0.2) is 24.2 Å². The van der Waals surface area contributed by atoms with Crippen molar-refractivity contribution in [3.05, 3.63) is 0 Å². The fourth-order valence-corrected chi connectivity index (χ4v) is 1.74. The average Bonchev–Trinajstić information content (AvgIpc) is 2.14. The Balaban J connectivity index is 4.25. The van der Waals surface area contributed by atoms with Crippen LogP contribution in [0.15, 0.2) is 0 Å². The highest BCUT2D eigenvalue weighted by Crippen LogP contribution is 2.13. The maximum Gasteiger partial charge on any atom is 0.323 e. The van der Waals surface area contributed by atoms with Crippen molar-refractivity contribution in [2.24, 2.45) is 0 Å². The zero-order chi connectivity index (χ0) is 11.9. The zero-order valence-corrected chi connectivity index (χ0v) is 10.7. The summed E-state index contributed by atoms with van der Waals surface area (Å²) in [4.78, 5) is 11.6. The van der Waals surface area contributed by atoms with Crippen LogP contribution in [0.1, 0.15) is 53.9 Å². The topological polar surface area (TPSA) is 38.3 Å². The molecule has 1 atom stereocenters. The zero-order valence-electron chi connectivity index (χ0n) is 10.7. The standard InChI is InChI=1S/C12H25NO2/c1-6-9-12(4,5)13-10(7-2)11(14)15-8-3/h10,13H,6-9H2,1-5H3. The molecule has 0 aromatic rings. The van der Waals surface area contributed by atoms with Crippen LogP contribution in [0.5, 0.6) is 0 Å². The van der Waals surface area contributed by atoms with Crippen LogP contribution >= 0.6 is 0 Å². The Kier molecular flexibility index (Phi) is 6.57. The van der Waals surface area contributed by atoms with E-state index in [1.807, 2.05) is 13.8 Å². The third-order valence-electron chi connectivity index (χ3n) is 2.42. The van der Waals surface area contributed by atoms with E-state index in [1.54, 1.807) is 0 Å². The number of carbonyl (C=O) groups excluding carboxylic acids is 1. The Bertz CT molecular complexity index is 190. The lowest BCUT2D eigenvalue weighted by Crippen LogP contribution is -2.49.